The first-order valence-electron chi connectivity index (χ1n) is 5.53. The molecular weight excluding hydrogens is 286 g/mol. The number of aromatic amines is 1. The van der Waals surface area contributed by atoms with Crippen LogP contribution in [0.4, 0.5) is 5.69 Å². The maximum Gasteiger partial charge on any atom is 0.289 e. The molecule has 0 saturated carbocycles. The molecule has 1 aromatic heterocycles. The van der Waals surface area contributed by atoms with Gasteiger partial charge in [0, 0.05) is 6.07 Å². The molecule has 2 aromatic rings. The SMILES string of the molecule is CC(NS(=O)(=O)c1ccccc1[N+](=O)[O-])c1ncn[nH]1. The summed E-state index contributed by atoms with van der Waals surface area (Å²) < 4.78 is 26.7. The Bertz CT molecular complexity index is 713. The van der Waals surface area contributed by atoms with Crippen LogP contribution in [0, 0.1) is 10.1 Å². The van der Waals surface area contributed by atoms with Gasteiger partial charge in [-0.3, -0.25) is 15.2 Å². The second-order valence-corrected chi connectivity index (χ2v) is 5.62. The predicted octanol–water partition coefficient (Wildman–Crippen LogP) is 0.752. The van der Waals surface area contributed by atoms with Gasteiger partial charge in [-0.15, -0.1) is 0 Å². The van der Waals surface area contributed by atoms with Gasteiger partial charge in [0.2, 0.25) is 10.0 Å². The van der Waals surface area contributed by atoms with E-state index in [0.717, 1.165) is 6.07 Å². The van der Waals surface area contributed by atoms with Crippen LogP contribution in [-0.4, -0.2) is 28.5 Å². The minimum absolute atomic E-state index is 0.312. The van der Waals surface area contributed by atoms with Gasteiger partial charge < -0.3 is 0 Å². The maximum absolute atomic E-state index is 12.2. The molecule has 0 fully saturated rings. The first-order chi connectivity index (χ1) is 9.42. The molecule has 9 nitrogen and oxygen atoms in total. The van der Waals surface area contributed by atoms with Gasteiger partial charge in [0.25, 0.3) is 5.69 Å². The monoisotopic (exact) mass is 297 g/mol. The molecule has 0 aliphatic rings. The Morgan fingerprint density at radius 3 is 2.70 bits per heavy atom. The number of nitrogens with one attached hydrogen (secondary N) is 2. The van der Waals surface area contributed by atoms with Gasteiger partial charge in [0.15, 0.2) is 4.90 Å². The van der Waals surface area contributed by atoms with E-state index in [4.69, 9.17) is 0 Å². The van der Waals surface area contributed by atoms with Crippen molar-refractivity contribution in [1.29, 1.82) is 0 Å². The second-order valence-electron chi connectivity index (χ2n) is 3.94. The van der Waals surface area contributed by atoms with Gasteiger partial charge >= 0.3 is 0 Å². The maximum atomic E-state index is 12.2. The van der Waals surface area contributed by atoms with Gasteiger partial charge in [0.1, 0.15) is 12.2 Å². The molecule has 1 aromatic carbocycles. The molecule has 0 aliphatic heterocycles. The first kappa shape index (κ1) is 14.1. The molecule has 0 spiro atoms. The van der Waals surface area contributed by atoms with E-state index in [2.05, 4.69) is 19.9 Å². The molecule has 20 heavy (non-hydrogen) atoms. The van der Waals surface area contributed by atoms with E-state index in [1.165, 1.54) is 24.5 Å². The average Bonchev–Trinajstić information content (AvgIpc) is 2.92. The first-order valence-corrected chi connectivity index (χ1v) is 7.01. The van der Waals surface area contributed by atoms with E-state index in [1.54, 1.807) is 6.92 Å². The lowest BCUT2D eigenvalue weighted by Gasteiger charge is -2.11. The number of nitrogens with zero attached hydrogens (tertiary/aromatic N) is 3. The van der Waals surface area contributed by atoms with Gasteiger partial charge in [-0.2, -0.15) is 5.10 Å². The number of sulfonamides is 1. The second kappa shape index (κ2) is 5.35. The number of H-pyrrole nitrogens is 1. The highest BCUT2D eigenvalue weighted by atomic mass is 32.2. The van der Waals surface area contributed by atoms with Crippen LogP contribution in [0.5, 0.6) is 0 Å². The van der Waals surface area contributed by atoms with E-state index in [9.17, 15) is 18.5 Å². The number of rotatable bonds is 5. The number of aromatic nitrogens is 3. The van der Waals surface area contributed by atoms with Crippen molar-refractivity contribution >= 4 is 15.7 Å². The highest BCUT2D eigenvalue weighted by molar-refractivity contribution is 7.89. The lowest BCUT2D eigenvalue weighted by atomic mass is 10.3. The number of para-hydroxylation sites is 1. The summed E-state index contributed by atoms with van der Waals surface area (Å²) in [5.41, 5.74) is -0.482. The molecule has 0 aliphatic carbocycles. The van der Waals surface area contributed by atoms with Crippen molar-refractivity contribution in [2.24, 2.45) is 0 Å². The standard InChI is InChI=1S/C10H11N5O4S/c1-7(10-11-6-12-13-10)14-20(18,19)9-5-3-2-4-8(9)15(16)17/h2-7,14H,1H3,(H,11,12,13). The summed E-state index contributed by atoms with van der Waals surface area (Å²) in [6.07, 6.45) is 1.24. The highest BCUT2D eigenvalue weighted by Crippen LogP contribution is 2.24. The van der Waals surface area contributed by atoms with Crippen LogP contribution >= 0.6 is 0 Å². The van der Waals surface area contributed by atoms with Crippen molar-refractivity contribution in [3.63, 3.8) is 0 Å². The summed E-state index contributed by atoms with van der Waals surface area (Å²) in [6, 6.07) is 4.43. The highest BCUT2D eigenvalue weighted by Gasteiger charge is 2.27. The van der Waals surface area contributed by atoms with Crippen molar-refractivity contribution in [2.45, 2.75) is 17.9 Å². The molecular formula is C10H11N5O4S. The molecule has 2 rings (SSSR count). The molecule has 0 amide bonds. The zero-order valence-electron chi connectivity index (χ0n) is 10.3. The van der Waals surface area contributed by atoms with Gasteiger partial charge in [-0.25, -0.2) is 18.1 Å². The third-order valence-corrected chi connectivity index (χ3v) is 4.12. The summed E-state index contributed by atoms with van der Waals surface area (Å²) in [7, 11) is -4.04. The zero-order chi connectivity index (χ0) is 14.8. The van der Waals surface area contributed by atoms with Crippen LogP contribution in [0.1, 0.15) is 18.8 Å². The van der Waals surface area contributed by atoms with Gasteiger partial charge in [-0.05, 0) is 13.0 Å². The van der Waals surface area contributed by atoms with Crippen LogP contribution in [-0.2, 0) is 10.0 Å². The molecule has 10 heteroatoms. The smallest absolute Gasteiger partial charge is 0.262 e. The lowest BCUT2D eigenvalue weighted by Crippen LogP contribution is -2.28. The van der Waals surface area contributed by atoms with Crippen LogP contribution in [0.15, 0.2) is 35.5 Å². The van der Waals surface area contributed by atoms with Crippen LogP contribution in [0.25, 0.3) is 0 Å². The number of benzene rings is 1. The number of hydrogen-bond donors (Lipinski definition) is 2. The van der Waals surface area contributed by atoms with Crippen LogP contribution in [0.3, 0.4) is 0 Å². The Kier molecular flexibility index (Phi) is 3.77. The molecule has 0 radical (unpaired) electrons. The van der Waals surface area contributed by atoms with Crippen molar-refractivity contribution in [2.75, 3.05) is 0 Å². The van der Waals surface area contributed by atoms with E-state index >= 15 is 0 Å². The minimum atomic E-state index is -4.04. The van der Waals surface area contributed by atoms with Crippen LogP contribution in [0.2, 0.25) is 0 Å². The Balaban J connectivity index is 2.34. The number of nitro groups is 1. The molecule has 1 heterocycles. The zero-order valence-corrected chi connectivity index (χ0v) is 11.2. The Labute approximate surface area is 114 Å². The summed E-state index contributed by atoms with van der Waals surface area (Å²) in [5.74, 6) is 0.312. The minimum Gasteiger partial charge on any atom is -0.262 e. The van der Waals surface area contributed by atoms with Crippen molar-refractivity contribution < 1.29 is 13.3 Å². The molecule has 0 saturated heterocycles. The molecule has 0 bridgehead atoms. The summed E-state index contributed by atoms with van der Waals surface area (Å²) in [5, 5.41) is 17.0. The topological polar surface area (TPSA) is 131 Å². The molecule has 106 valence electrons. The number of nitro benzene ring substituents is 1. The van der Waals surface area contributed by atoms with E-state index in [0.29, 0.717) is 5.82 Å². The van der Waals surface area contributed by atoms with Gasteiger partial charge in [-0.1, -0.05) is 12.1 Å². The van der Waals surface area contributed by atoms with Gasteiger partial charge in [0.05, 0.1) is 11.0 Å². The summed E-state index contributed by atoms with van der Waals surface area (Å²) >= 11 is 0. The fourth-order valence-electron chi connectivity index (χ4n) is 1.61. The molecule has 1 unspecified atom stereocenters. The molecule has 2 N–H and O–H groups in total. The van der Waals surface area contributed by atoms with Crippen molar-refractivity contribution in [1.82, 2.24) is 19.9 Å². The Morgan fingerprint density at radius 1 is 1.40 bits per heavy atom. The summed E-state index contributed by atoms with van der Waals surface area (Å²) in [4.78, 5) is 13.6. The fraction of sp³-hybridized carbons (Fsp3) is 0.200. The molecule has 1 atom stereocenters. The quantitative estimate of drug-likeness (QED) is 0.618. The normalized spacial score (nSPS) is 13.1. The predicted molar refractivity (Wildman–Crippen MR) is 68.2 cm³/mol. The number of hydrogen-bond acceptors (Lipinski definition) is 6. The van der Waals surface area contributed by atoms with Crippen molar-refractivity contribution in [3.05, 3.63) is 46.5 Å². The summed E-state index contributed by atoms with van der Waals surface area (Å²) in [6.45, 7) is 1.55. The van der Waals surface area contributed by atoms with E-state index < -0.39 is 31.6 Å². The Hall–Kier alpha value is -2.33. The largest absolute Gasteiger partial charge is 0.289 e. The fourth-order valence-corrected chi connectivity index (χ4v) is 2.99. The van der Waals surface area contributed by atoms with Crippen LogP contribution < -0.4 is 4.72 Å². The van der Waals surface area contributed by atoms with Crippen molar-refractivity contribution in [3.8, 4) is 0 Å². The third-order valence-electron chi connectivity index (χ3n) is 2.53. The third kappa shape index (κ3) is 2.81. The lowest BCUT2D eigenvalue weighted by molar-refractivity contribution is -0.387. The van der Waals surface area contributed by atoms with E-state index in [-0.39, 0.29) is 0 Å². The average molecular weight is 297 g/mol. The Morgan fingerprint density at radius 2 is 2.10 bits per heavy atom. The van der Waals surface area contributed by atoms with E-state index in [1.807, 2.05) is 0 Å².